The van der Waals surface area contributed by atoms with Crippen LogP contribution in [0.1, 0.15) is 10.4 Å². The highest BCUT2D eigenvalue weighted by molar-refractivity contribution is 7.20. The highest BCUT2D eigenvalue weighted by Gasteiger charge is 2.32. The first-order chi connectivity index (χ1) is 8.39. The van der Waals surface area contributed by atoms with Gasteiger partial charge < -0.3 is 9.47 Å². The molecule has 0 bridgehead atoms. The highest BCUT2D eigenvalue weighted by atomic mass is 32.1. The summed E-state index contributed by atoms with van der Waals surface area (Å²) in [6.45, 7) is 0. The lowest BCUT2D eigenvalue weighted by Crippen LogP contribution is -2.16. The van der Waals surface area contributed by atoms with Crippen LogP contribution in [0.4, 0.5) is 13.2 Å². The number of fused-ring (bicyclic) bond motifs is 1. The van der Waals surface area contributed by atoms with Gasteiger partial charge in [-0.15, -0.1) is 13.2 Å². The fourth-order valence-electron chi connectivity index (χ4n) is 1.29. The van der Waals surface area contributed by atoms with E-state index in [4.69, 9.17) is 0 Å². The number of halogens is 3. The van der Waals surface area contributed by atoms with Crippen LogP contribution >= 0.6 is 11.3 Å². The van der Waals surface area contributed by atoms with Crippen molar-refractivity contribution < 1.29 is 27.4 Å². The Kier molecular flexibility index (Phi) is 3.12. The van der Waals surface area contributed by atoms with Crippen molar-refractivity contribution in [2.24, 2.45) is 0 Å². The first-order valence-corrected chi connectivity index (χ1v) is 5.45. The van der Waals surface area contributed by atoms with Crippen molar-refractivity contribution in [2.75, 3.05) is 7.11 Å². The van der Waals surface area contributed by atoms with Crippen LogP contribution < -0.4 is 4.74 Å². The average Bonchev–Trinajstić information content (AvgIpc) is 2.66. The first kappa shape index (κ1) is 12.6. The molecule has 0 saturated carbocycles. The van der Waals surface area contributed by atoms with Gasteiger partial charge in [0.05, 0.1) is 22.9 Å². The Hall–Kier alpha value is -1.83. The largest absolute Gasteiger partial charge is 0.574 e. The molecule has 0 spiro atoms. The Morgan fingerprint density at radius 3 is 2.72 bits per heavy atom. The van der Waals surface area contributed by atoms with E-state index >= 15 is 0 Å². The summed E-state index contributed by atoms with van der Waals surface area (Å²) >= 11 is 0.705. The van der Waals surface area contributed by atoms with E-state index in [-0.39, 0.29) is 5.56 Å². The number of benzene rings is 1. The summed E-state index contributed by atoms with van der Waals surface area (Å²) in [5.41, 5.74) is 0.569. The molecular weight excluding hydrogens is 271 g/mol. The number of aromatic nitrogens is 1. The van der Waals surface area contributed by atoms with Crippen LogP contribution in [0.3, 0.4) is 0 Å². The van der Waals surface area contributed by atoms with Gasteiger partial charge in [0.2, 0.25) is 0 Å². The van der Waals surface area contributed by atoms with Gasteiger partial charge in [-0.2, -0.15) is 0 Å². The van der Waals surface area contributed by atoms with E-state index in [0.717, 1.165) is 0 Å². The van der Waals surface area contributed by atoms with E-state index in [0.29, 0.717) is 21.6 Å². The third-order valence-corrected chi connectivity index (χ3v) is 2.89. The number of methoxy groups -OCH3 is 1. The maximum absolute atomic E-state index is 12.0. The number of carbonyl (C=O) groups is 1. The number of carbonyl (C=O) groups excluding carboxylic acids is 1. The van der Waals surface area contributed by atoms with Crippen molar-refractivity contribution in [3.8, 4) is 5.19 Å². The van der Waals surface area contributed by atoms with E-state index < -0.39 is 17.5 Å². The zero-order chi connectivity index (χ0) is 13.3. The minimum Gasteiger partial charge on any atom is -0.465 e. The van der Waals surface area contributed by atoms with Gasteiger partial charge in [0.1, 0.15) is 0 Å². The molecule has 0 atom stereocenters. The maximum atomic E-state index is 12.0. The van der Waals surface area contributed by atoms with Crippen LogP contribution in [-0.4, -0.2) is 24.4 Å². The number of nitrogens with zero attached hydrogens (tertiary/aromatic N) is 1. The van der Waals surface area contributed by atoms with E-state index in [2.05, 4.69) is 14.5 Å². The first-order valence-electron chi connectivity index (χ1n) is 4.64. The predicted molar refractivity (Wildman–Crippen MR) is 57.6 cm³/mol. The fraction of sp³-hybridized carbons (Fsp3) is 0.200. The predicted octanol–water partition coefficient (Wildman–Crippen LogP) is 2.98. The van der Waals surface area contributed by atoms with Gasteiger partial charge >= 0.3 is 12.3 Å². The minimum absolute atomic E-state index is 0.243. The molecule has 1 aromatic heterocycles. The lowest BCUT2D eigenvalue weighted by atomic mass is 10.2. The van der Waals surface area contributed by atoms with Crippen LogP contribution in [0.25, 0.3) is 10.2 Å². The van der Waals surface area contributed by atoms with Crippen molar-refractivity contribution in [3.63, 3.8) is 0 Å². The molecule has 4 nitrogen and oxygen atoms in total. The molecule has 8 heteroatoms. The quantitative estimate of drug-likeness (QED) is 0.792. The number of hydrogen-bond acceptors (Lipinski definition) is 5. The number of alkyl halides is 3. The van der Waals surface area contributed by atoms with Gasteiger partial charge in [-0.1, -0.05) is 11.3 Å². The second-order valence-electron chi connectivity index (χ2n) is 3.20. The van der Waals surface area contributed by atoms with Crippen molar-refractivity contribution in [1.29, 1.82) is 0 Å². The van der Waals surface area contributed by atoms with Crippen LogP contribution in [0.15, 0.2) is 18.2 Å². The smallest absolute Gasteiger partial charge is 0.465 e. The van der Waals surface area contributed by atoms with E-state index in [9.17, 15) is 18.0 Å². The van der Waals surface area contributed by atoms with Gasteiger partial charge in [-0.3, -0.25) is 0 Å². The highest BCUT2D eigenvalue weighted by Crippen LogP contribution is 2.32. The lowest BCUT2D eigenvalue weighted by Gasteiger charge is -2.03. The summed E-state index contributed by atoms with van der Waals surface area (Å²) in [6.07, 6.45) is -4.78. The molecule has 1 heterocycles. The number of thiazole rings is 1. The molecule has 0 N–H and O–H groups in total. The zero-order valence-electron chi connectivity index (χ0n) is 8.95. The van der Waals surface area contributed by atoms with Gasteiger partial charge in [0, 0.05) is 0 Å². The zero-order valence-corrected chi connectivity index (χ0v) is 9.76. The second-order valence-corrected chi connectivity index (χ2v) is 4.19. The molecular formula is C10H6F3NO3S. The summed E-state index contributed by atoms with van der Waals surface area (Å²) in [5.74, 6) is -0.566. The van der Waals surface area contributed by atoms with Crippen LogP contribution in [-0.2, 0) is 4.74 Å². The van der Waals surface area contributed by atoms with Crippen molar-refractivity contribution in [1.82, 2.24) is 4.98 Å². The normalized spacial score (nSPS) is 11.6. The summed E-state index contributed by atoms with van der Waals surface area (Å²) in [5, 5.41) is -0.514. The average molecular weight is 277 g/mol. The Morgan fingerprint density at radius 1 is 1.39 bits per heavy atom. The summed E-state index contributed by atoms with van der Waals surface area (Å²) in [4.78, 5) is 14.9. The van der Waals surface area contributed by atoms with Crippen LogP contribution in [0.5, 0.6) is 5.19 Å². The Balaban J connectivity index is 2.37. The van der Waals surface area contributed by atoms with Crippen molar-refractivity contribution in [3.05, 3.63) is 23.8 Å². The van der Waals surface area contributed by atoms with E-state index in [1.807, 2.05) is 0 Å². The third-order valence-electron chi connectivity index (χ3n) is 1.99. The van der Waals surface area contributed by atoms with E-state index in [1.54, 1.807) is 0 Å². The molecule has 18 heavy (non-hydrogen) atoms. The van der Waals surface area contributed by atoms with E-state index in [1.165, 1.54) is 25.3 Å². The molecule has 0 aliphatic rings. The SMILES string of the molecule is COC(=O)c1ccc2nc(OC(F)(F)F)sc2c1. The molecule has 2 aromatic rings. The molecule has 2 rings (SSSR count). The lowest BCUT2D eigenvalue weighted by molar-refractivity contribution is -0.274. The molecule has 0 aliphatic carbocycles. The van der Waals surface area contributed by atoms with Gasteiger partial charge in [-0.05, 0) is 18.2 Å². The van der Waals surface area contributed by atoms with Gasteiger partial charge in [0.15, 0.2) is 0 Å². The topological polar surface area (TPSA) is 48.4 Å². The number of hydrogen-bond donors (Lipinski definition) is 0. The number of rotatable bonds is 2. The molecule has 0 radical (unpaired) electrons. The summed E-state index contributed by atoms with van der Waals surface area (Å²) in [6, 6.07) is 4.26. The monoisotopic (exact) mass is 277 g/mol. The Morgan fingerprint density at radius 2 is 2.11 bits per heavy atom. The second kappa shape index (κ2) is 4.45. The summed E-state index contributed by atoms with van der Waals surface area (Å²) < 4.78 is 44.6. The number of esters is 1. The molecule has 0 fully saturated rings. The maximum Gasteiger partial charge on any atom is 0.574 e. The molecule has 0 unspecified atom stereocenters. The molecule has 0 saturated heterocycles. The summed E-state index contributed by atoms with van der Waals surface area (Å²) in [7, 11) is 1.22. The molecule has 0 aliphatic heterocycles. The Labute approximate surface area is 103 Å². The minimum atomic E-state index is -4.78. The van der Waals surface area contributed by atoms with Crippen molar-refractivity contribution >= 4 is 27.5 Å². The molecule has 0 amide bonds. The Bertz CT molecular complexity index is 594. The third kappa shape index (κ3) is 2.70. The fourth-order valence-corrected chi connectivity index (χ4v) is 2.16. The standard InChI is InChI=1S/C10H6F3NO3S/c1-16-8(15)5-2-3-6-7(4-5)18-9(14-6)17-10(11,12)13/h2-4H,1H3. The van der Waals surface area contributed by atoms with Crippen LogP contribution in [0.2, 0.25) is 0 Å². The van der Waals surface area contributed by atoms with Gasteiger partial charge in [0.25, 0.3) is 5.19 Å². The van der Waals surface area contributed by atoms with Gasteiger partial charge in [-0.25, -0.2) is 9.78 Å². The van der Waals surface area contributed by atoms with Crippen molar-refractivity contribution in [2.45, 2.75) is 6.36 Å². The number of ether oxygens (including phenoxy) is 2. The molecule has 1 aromatic carbocycles. The molecule has 96 valence electrons. The van der Waals surface area contributed by atoms with Crippen LogP contribution in [0, 0.1) is 0 Å².